The van der Waals surface area contributed by atoms with E-state index in [1.54, 1.807) is 0 Å². The smallest absolute Gasteiger partial charge is 0.414 e. The van der Waals surface area contributed by atoms with Gasteiger partial charge in [-0.2, -0.15) is 0 Å². The average Bonchev–Trinajstić information content (AvgIpc) is 3.39. The highest BCUT2D eigenvalue weighted by Gasteiger charge is 2.33. The zero-order valence-corrected chi connectivity index (χ0v) is 17.9. The minimum atomic E-state index is -0.836. The van der Waals surface area contributed by atoms with Gasteiger partial charge in [-0.15, -0.1) is 0 Å². The van der Waals surface area contributed by atoms with E-state index in [1.165, 1.54) is 34.7 Å². The zero-order valence-electron chi connectivity index (χ0n) is 17.9. The van der Waals surface area contributed by atoms with Crippen molar-refractivity contribution < 1.29 is 37.9 Å². The number of ether oxygens (including phenoxy) is 3. The van der Waals surface area contributed by atoms with Crippen molar-refractivity contribution in [3.63, 3.8) is 0 Å². The van der Waals surface area contributed by atoms with Crippen LogP contribution in [0.2, 0.25) is 0 Å². The van der Waals surface area contributed by atoms with Gasteiger partial charge in [-0.3, -0.25) is 19.1 Å². The average molecular weight is 477 g/mol. The second-order valence-electron chi connectivity index (χ2n) is 7.68. The fourth-order valence-corrected chi connectivity index (χ4v) is 3.53. The monoisotopic (exact) mass is 477 g/mol. The molecule has 4 rings (SSSR count). The summed E-state index contributed by atoms with van der Waals surface area (Å²) in [5.41, 5.74) is -0.0120. The number of amides is 2. The fourth-order valence-electron chi connectivity index (χ4n) is 3.53. The Hall–Kier alpha value is -4.07. The van der Waals surface area contributed by atoms with Crippen molar-refractivity contribution in [3.8, 4) is 6.01 Å². The minimum absolute atomic E-state index is 0.0274. The van der Waals surface area contributed by atoms with Crippen LogP contribution in [-0.2, 0) is 20.8 Å². The van der Waals surface area contributed by atoms with Crippen molar-refractivity contribution in [3.05, 3.63) is 45.9 Å². The molecule has 1 N–H and O–H groups in total. The number of nitro groups is 1. The number of Topliss-reactive ketones (excluding diaryl/α,β-unsaturated/α-hetero) is 1. The number of anilines is 1. The van der Waals surface area contributed by atoms with Crippen LogP contribution in [0.15, 0.2) is 24.4 Å². The van der Waals surface area contributed by atoms with Gasteiger partial charge in [0, 0.05) is 11.9 Å². The molecule has 2 aliphatic rings. The fraction of sp³-hybridized carbons (Fsp3) is 0.400. The molecule has 0 bridgehead atoms. The molecule has 13 nitrogen and oxygen atoms in total. The number of carbonyl (C=O) groups excluding carboxylic acids is 3. The molecular formula is C20H20FN5O8. The SMILES string of the molecule is CC(=O)NCC1CN(c2ccc(C(=O)COC3COc4nc([N+](=O)[O-])cn4C3)c(F)c2)C(=O)O1. The number of cyclic esters (lactones) is 1. The third-order valence-corrected chi connectivity index (χ3v) is 5.18. The van der Waals surface area contributed by atoms with Crippen LogP contribution in [0.4, 0.5) is 20.7 Å². The summed E-state index contributed by atoms with van der Waals surface area (Å²) in [6, 6.07) is 3.80. The van der Waals surface area contributed by atoms with Gasteiger partial charge in [0.05, 0.1) is 30.9 Å². The number of benzene rings is 1. The summed E-state index contributed by atoms with van der Waals surface area (Å²) >= 11 is 0. The molecule has 2 aromatic rings. The lowest BCUT2D eigenvalue weighted by molar-refractivity contribution is -0.389. The van der Waals surface area contributed by atoms with Crippen molar-refractivity contribution in [1.82, 2.24) is 14.9 Å². The summed E-state index contributed by atoms with van der Waals surface area (Å²) in [6.07, 6.45) is -0.653. The van der Waals surface area contributed by atoms with Crippen LogP contribution in [0.1, 0.15) is 17.3 Å². The Balaban J connectivity index is 1.34. The van der Waals surface area contributed by atoms with Gasteiger partial charge in [0.25, 0.3) is 0 Å². The number of nitrogens with one attached hydrogen (secondary N) is 1. The van der Waals surface area contributed by atoms with Crippen molar-refractivity contribution in [2.24, 2.45) is 0 Å². The molecule has 3 heterocycles. The van der Waals surface area contributed by atoms with Crippen LogP contribution in [0.5, 0.6) is 6.01 Å². The van der Waals surface area contributed by atoms with Gasteiger partial charge in [0.2, 0.25) is 5.91 Å². The van der Waals surface area contributed by atoms with E-state index in [1.807, 2.05) is 0 Å². The molecule has 0 radical (unpaired) electrons. The molecule has 1 saturated heterocycles. The van der Waals surface area contributed by atoms with E-state index < -0.39 is 41.4 Å². The third kappa shape index (κ3) is 4.96. The molecule has 0 saturated carbocycles. The van der Waals surface area contributed by atoms with Crippen LogP contribution < -0.4 is 15.0 Å². The van der Waals surface area contributed by atoms with E-state index in [-0.39, 0.29) is 55.2 Å². The number of aromatic nitrogens is 2. The minimum Gasteiger partial charge on any atom is -0.443 e. The summed E-state index contributed by atoms with van der Waals surface area (Å²) in [7, 11) is 0. The Labute approximate surface area is 191 Å². The van der Waals surface area contributed by atoms with E-state index in [2.05, 4.69) is 10.3 Å². The molecule has 1 aromatic carbocycles. The van der Waals surface area contributed by atoms with Crippen LogP contribution >= 0.6 is 0 Å². The van der Waals surface area contributed by atoms with Gasteiger partial charge in [0.1, 0.15) is 37.4 Å². The predicted molar refractivity (Wildman–Crippen MR) is 111 cm³/mol. The lowest BCUT2D eigenvalue weighted by atomic mass is 10.1. The third-order valence-electron chi connectivity index (χ3n) is 5.18. The molecule has 2 amide bonds. The maximum atomic E-state index is 14.7. The molecule has 14 heteroatoms. The number of hydrogen-bond acceptors (Lipinski definition) is 9. The van der Waals surface area contributed by atoms with E-state index in [0.29, 0.717) is 0 Å². The Kier molecular flexibility index (Phi) is 6.40. The first-order valence-corrected chi connectivity index (χ1v) is 10.2. The van der Waals surface area contributed by atoms with Crippen molar-refractivity contribution in [1.29, 1.82) is 0 Å². The quantitative estimate of drug-likeness (QED) is 0.334. The highest BCUT2D eigenvalue weighted by molar-refractivity contribution is 5.98. The molecule has 1 fully saturated rings. The standard InChI is InChI=1S/C20H20FN5O8/c1-11(27)22-5-13-7-25(20(29)34-13)12-2-3-15(16(21)4-12)17(28)10-32-14-6-24-8-18(26(30)31)23-19(24)33-9-14/h2-4,8,13-14H,5-7,9-10H2,1H3,(H,22,27). The van der Waals surface area contributed by atoms with Gasteiger partial charge < -0.3 is 29.6 Å². The van der Waals surface area contributed by atoms with Crippen LogP contribution in [0.25, 0.3) is 0 Å². The number of fused-ring (bicyclic) bond motifs is 1. The van der Waals surface area contributed by atoms with Crippen molar-refractivity contribution >= 4 is 29.3 Å². The predicted octanol–water partition coefficient (Wildman–Crippen LogP) is 1.05. The molecule has 2 atom stereocenters. The van der Waals surface area contributed by atoms with Gasteiger partial charge in [0.15, 0.2) is 5.78 Å². The first-order valence-electron chi connectivity index (χ1n) is 10.2. The molecular weight excluding hydrogens is 457 g/mol. The Morgan fingerprint density at radius 3 is 2.88 bits per heavy atom. The highest BCUT2D eigenvalue weighted by atomic mass is 19.1. The van der Waals surface area contributed by atoms with Gasteiger partial charge in [-0.1, -0.05) is 0 Å². The maximum absolute atomic E-state index is 14.7. The molecule has 2 unspecified atom stereocenters. The van der Waals surface area contributed by atoms with E-state index >= 15 is 0 Å². The Morgan fingerprint density at radius 2 is 2.18 bits per heavy atom. The zero-order chi connectivity index (χ0) is 24.4. The molecule has 0 spiro atoms. The number of ketones is 1. The van der Waals surface area contributed by atoms with Gasteiger partial charge >= 0.3 is 17.9 Å². The second-order valence-corrected chi connectivity index (χ2v) is 7.68. The second kappa shape index (κ2) is 9.43. The summed E-state index contributed by atoms with van der Waals surface area (Å²) in [5, 5.41) is 13.4. The van der Waals surface area contributed by atoms with Gasteiger partial charge in [-0.05, 0) is 23.1 Å². The van der Waals surface area contributed by atoms with Gasteiger partial charge in [-0.25, -0.2) is 9.18 Å². The lowest BCUT2D eigenvalue weighted by Gasteiger charge is -2.22. The summed E-state index contributed by atoms with van der Waals surface area (Å²) < 4.78 is 32.0. The van der Waals surface area contributed by atoms with Crippen LogP contribution in [0, 0.1) is 15.9 Å². The van der Waals surface area contributed by atoms with E-state index in [9.17, 15) is 28.9 Å². The maximum Gasteiger partial charge on any atom is 0.414 e. The largest absolute Gasteiger partial charge is 0.443 e. The molecule has 0 aliphatic carbocycles. The summed E-state index contributed by atoms with van der Waals surface area (Å²) in [6.45, 7) is 1.35. The van der Waals surface area contributed by atoms with Crippen molar-refractivity contribution in [2.75, 3.05) is 31.2 Å². The normalized spacial score (nSPS) is 19.2. The van der Waals surface area contributed by atoms with Crippen LogP contribution in [0.3, 0.4) is 0 Å². The molecule has 180 valence electrons. The number of carbonyl (C=O) groups is 3. The number of nitrogens with zero attached hydrogens (tertiary/aromatic N) is 4. The number of imidazole rings is 1. The molecule has 2 aliphatic heterocycles. The van der Waals surface area contributed by atoms with E-state index in [4.69, 9.17) is 14.2 Å². The molecule has 1 aromatic heterocycles. The number of halogens is 1. The first kappa shape index (κ1) is 23.1. The lowest BCUT2D eigenvalue weighted by Crippen LogP contribution is -2.34. The van der Waals surface area contributed by atoms with Crippen LogP contribution in [-0.4, -0.2) is 70.8 Å². The number of hydrogen-bond donors (Lipinski definition) is 1. The van der Waals surface area contributed by atoms with E-state index in [0.717, 1.165) is 6.07 Å². The number of rotatable bonds is 8. The topological polar surface area (TPSA) is 155 Å². The first-order chi connectivity index (χ1) is 16.2. The summed E-state index contributed by atoms with van der Waals surface area (Å²) in [5.74, 6) is -2.09. The molecule has 34 heavy (non-hydrogen) atoms. The highest BCUT2D eigenvalue weighted by Crippen LogP contribution is 2.25. The summed E-state index contributed by atoms with van der Waals surface area (Å²) in [4.78, 5) is 50.7. The Morgan fingerprint density at radius 1 is 1.38 bits per heavy atom. The Bertz CT molecular complexity index is 1150. The van der Waals surface area contributed by atoms with Crippen molar-refractivity contribution in [2.45, 2.75) is 25.7 Å².